The summed E-state index contributed by atoms with van der Waals surface area (Å²) in [5.41, 5.74) is 6.74. The number of hydrogen-bond donors (Lipinski definition) is 1. The van der Waals surface area contributed by atoms with Crippen LogP contribution in [0, 0.1) is 6.92 Å². The number of imidazole rings is 1. The topological polar surface area (TPSA) is 81.2 Å². The van der Waals surface area contributed by atoms with Gasteiger partial charge >= 0.3 is 0 Å². The second-order valence-electron chi connectivity index (χ2n) is 4.48. The van der Waals surface area contributed by atoms with Crippen LogP contribution in [-0.2, 0) is 16.6 Å². The molecule has 20 heavy (non-hydrogen) atoms. The van der Waals surface area contributed by atoms with Gasteiger partial charge in [-0.25, -0.2) is 4.98 Å². The minimum atomic E-state index is -3.66. The van der Waals surface area contributed by atoms with Crippen molar-refractivity contribution in [3.05, 3.63) is 36.3 Å². The third-order valence-electron chi connectivity index (χ3n) is 3.18. The molecule has 1 aromatic carbocycles. The van der Waals surface area contributed by atoms with Crippen molar-refractivity contribution in [2.24, 2.45) is 0 Å². The van der Waals surface area contributed by atoms with Crippen molar-refractivity contribution >= 4 is 21.4 Å². The van der Waals surface area contributed by atoms with Gasteiger partial charge in [-0.05, 0) is 38.1 Å². The summed E-state index contributed by atoms with van der Waals surface area (Å²) in [4.78, 5) is 4.13. The first-order valence-corrected chi connectivity index (χ1v) is 7.68. The van der Waals surface area contributed by atoms with Crippen LogP contribution >= 0.6 is 0 Å². The lowest BCUT2D eigenvalue weighted by molar-refractivity contribution is 0.591. The molecule has 7 heteroatoms. The van der Waals surface area contributed by atoms with Crippen molar-refractivity contribution in [3.8, 4) is 0 Å². The summed E-state index contributed by atoms with van der Waals surface area (Å²) < 4.78 is 28.0. The number of nitrogens with two attached hydrogens (primary N) is 1. The first-order valence-electron chi connectivity index (χ1n) is 6.24. The molecule has 0 saturated carbocycles. The van der Waals surface area contributed by atoms with Gasteiger partial charge in [-0.15, -0.1) is 0 Å². The minimum Gasteiger partial charge on any atom is -0.399 e. The fourth-order valence-electron chi connectivity index (χ4n) is 1.89. The minimum absolute atomic E-state index is 0.0520. The molecule has 108 valence electrons. The normalized spacial score (nSPS) is 11.6. The van der Waals surface area contributed by atoms with Crippen LogP contribution in [-0.4, -0.2) is 25.0 Å². The van der Waals surface area contributed by atoms with E-state index in [9.17, 15) is 8.42 Å². The SMILES string of the molecule is CCn1cc(S(=O)(=O)N(C)c2ccc(N)cc2)nc1C. The Bertz CT molecular complexity index is 704. The van der Waals surface area contributed by atoms with Gasteiger partial charge in [-0.1, -0.05) is 0 Å². The Morgan fingerprint density at radius 2 is 1.90 bits per heavy atom. The summed E-state index contributed by atoms with van der Waals surface area (Å²) in [6.45, 7) is 4.40. The number of hydrogen-bond acceptors (Lipinski definition) is 4. The van der Waals surface area contributed by atoms with Crippen molar-refractivity contribution in [2.45, 2.75) is 25.4 Å². The van der Waals surface area contributed by atoms with Gasteiger partial charge in [0.1, 0.15) is 5.82 Å². The zero-order valence-electron chi connectivity index (χ0n) is 11.7. The van der Waals surface area contributed by atoms with E-state index in [1.54, 1.807) is 42.0 Å². The van der Waals surface area contributed by atoms with Gasteiger partial charge < -0.3 is 10.3 Å². The molecular formula is C13H18N4O2S. The Labute approximate surface area is 118 Å². The number of nitrogen functional groups attached to an aromatic ring is 1. The Hall–Kier alpha value is -2.02. The molecule has 0 aliphatic heterocycles. The van der Waals surface area contributed by atoms with Gasteiger partial charge in [-0.2, -0.15) is 8.42 Å². The first-order chi connectivity index (χ1) is 9.36. The highest BCUT2D eigenvalue weighted by molar-refractivity contribution is 7.92. The third kappa shape index (κ3) is 2.49. The molecular weight excluding hydrogens is 276 g/mol. The molecule has 2 aromatic rings. The monoisotopic (exact) mass is 294 g/mol. The second kappa shape index (κ2) is 5.16. The average Bonchev–Trinajstić information content (AvgIpc) is 2.80. The molecule has 0 fully saturated rings. The highest BCUT2D eigenvalue weighted by atomic mass is 32.2. The standard InChI is InChI=1S/C13H18N4O2S/c1-4-17-9-13(15-10(17)2)20(18,19)16(3)12-7-5-11(14)6-8-12/h5-9H,4,14H2,1-3H3. The van der Waals surface area contributed by atoms with Gasteiger partial charge in [0.25, 0.3) is 10.0 Å². The number of nitrogens with zero attached hydrogens (tertiary/aromatic N) is 3. The maximum absolute atomic E-state index is 12.5. The lowest BCUT2D eigenvalue weighted by Gasteiger charge is -2.18. The summed E-state index contributed by atoms with van der Waals surface area (Å²) >= 11 is 0. The quantitative estimate of drug-likeness (QED) is 0.869. The van der Waals surface area contributed by atoms with E-state index in [1.165, 1.54) is 11.4 Å². The van der Waals surface area contributed by atoms with Crippen molar-refractivity contribution in [3.63, 3.8) is 0 Å². The van der Waals surface area contributed by atoms with E-state index in [-0.39, 0.29) is 5.03 Å². The summed E-state index contributed by atoms with van der Waals surface area (Å²) in [6.07, 6.45) is 1.55. The molecule has 6 nitrogen and oxygen atoms in total. The maximum atomic E-state index is 12.5. The van der Waals surface area contributed by atoms with Crippen LogP contribution in [0.3, 0.4) is 0 Å². The predicted molar refractivity (Wildman–Crippen MR) is 79.1 cm³/mol. The third-order valence-corrected chi connectivity index (χ3v) is 4.83. The zero-order valence-corrected chi connectivity index (χ0v) is 12.6. The van der Waals surface area contributed by atoms with Gasteiger partial charge in [-0.3, -0.25) is 4.31 Å². The number of aryl methyl sites for hydroxylation is 2. The van der Waals surface area contributed by atoms with Gasteiger partial charge in [0, 0.05) is 25.5 Å². The summed E-state index contributed by atoms with van der Waals surface area (Å²) in [7, 11) is -2.15. The van der Waals surface area contributed by atoms with Crippen molar-refractivity contribution < 1.29 is 8.42 Å². The molecule has 0 radical (unpaired) electrons. The van der Waals surface area contributed by atoms with Gasteiger partial charge in [0.2, 0.25) is 0 Å². The number of benzene rings is 1. The van der Waals surface area contributed by atoms with E-state index < -0.39 is 10.0 Å². The van der Waals surface area contributed by atoms with Crippen LogP contribution < -0.4 is 10.0 Å². The van der Waals surface area contributed by atoms with Crippen molar-refractivity contribution in [1.29, 1.82) is 0 Å². The Morgan fingerprint density at radius 1 is 1.30 bits per heavy atom. The predicted octanol–water partition coefficient (Wildman–Crippen LogP) is 1.62. The van der Waals surface area contributed by atoms with Crippen LogP contribution in [0.15, 0.2) is 35.5 Å². The van der Waals surface area contributed by atoms with Crippen LogP contribution in [0.5, 0.6) is 0 Å². The van der Waals surface area contributed by atoms with E-state index in [0.717, 1.165) is 0 Å². The molecule has 0 aliphatic rings. The fraction of sp³-hybridized carbons (Fsp3) is 0.308. The Morgan fingerprint density at radius 3 is 2.40 bits per heavy atom. The number of sulfonamides is 1. The molecule has 0 unspecified atom stereocenters. The average molecular weight is 294 g/mol. The largest absolute Gasteiger partial charge is 0.399 e. The maximum Gasteiger partial charge on any atom is 0.283 e. The molecule has 1 aromatic heterocycles. The van der Waals surface area contributed by atoms with Gasteiger partial charge in [0.05, 0.1) is 5.69 Å². The Balaban J connectivity index is 2.40. The van der Waals surface area contributed by atoms with Crippen molar-refractivity contribution in [2.75, 3.05) is 17.1 Å². The molecule has 2 N–H and O–H groups in total. The van der Waals surface area contributed by atoms with Crippen LogP contribution in [0.4, 0.5) is 11.4 Å². The lowest BCUT2D eigenvalue weighted by Crippen LogP contribution is -2.26. The van der Waals surface area contributed by atoms with E-state index >= 15 is 0 Å². The van der Waals surface area contributed by atoms with Crippen LogP contribution in [0.1, 0.15) is 12.7 Å². The van der Waals surface area contributed by atoms with Crippen LogP contribution in [0.2, 0.25) is 0 Å². The van der Waals surface area contributed by atoms with E-state index in [2.05, 4.69) is 4.98 Å². The van der Waals surface area contributed by atoms with Crippen molar-refractivity contribution in [1.82, 2.24) is 9.55 Å². The lowest BCUT2D eigenvalue weighted by atomic mass is 10.3. The second-order valence-corrected chi connectivity index (χ2v) is 6.39. The van der Waals surface area contributed by atoms with E-state index in [0.29, 0.717) is 23.7 Å². The first kappa shape index (κ1) is 14.4. The summed E-state index contributed by atoms with van der Waals surface area (Å²) in [5, 5.41) is 0.0520. The molecule has 1 heterocycles. The zero-order chi connectivity index (χ0) is 14.9. The highest BCUT2D eigenvalue weighted by Gasteiger charge is 2.24. The molecule has 0 aliphatic carbocycles. The number of aromatic nitrogens is 2. The number of anilines is 2. The van der Waals surface area contributed by atoms with Crippen LogP contribution in [0.25, 0.3) is 0 Å². The number of rotatable bonds is 4. The smallest absolute Gasteiger partial charge is 0.283 e. The van der Waals surface area contributed by atoms with Gasteiger partial charge in [0.15, 0.2) is 5.03 Å². The molecule has 2 rings (SSSR count). The Kier molecular flexibility index (Phi) is 3.71. The highest BCUT2D eigenvalue weighted by Crippen LogP contribution is 2.22. The molecule has 0 atom stereocenters. The fourth-order valence-corrected chi connectivity index (χ4v) is 3.07. The molecule has 0 saturated heterocycles. The summed E-state index contributed by atoms with van der Waals surface area (Å²) in [6, 6.07) is 6.65. The summed E-state index contributed by atoms with van der Waals surface area (Å²) in [5.74, 6) is 0.678. The molecule has 0 amide bonds. The van der Waals surface area contributed by atoms with E-state index in [1.807, 2.05) is 6.92 Å². The van der Waals surface area contributed by atoms with E-state index in [4.69, 9.17) is 5.73 Å². The molecule has 0 spiro atoms. The molecule has 0 bridgehead atoms.